The number of fused-ring (bicyclic) bond motifs is 3. The molecule has 15 rings (SSSR count). The van der Waals surface area contributed by atoms with Crippen LogP contribution in [-0.4, -0.2) is 121 Å². The van der Waals surface area contributed by atoms with Crippen LogP contribution in [0.15, 0.2) is 143 Å². The molecule has 5 fully saturated rings. The lowest BCUT2D eigenvalue weighted by Crippen LogP contribution is -2.55. The van der Waals surface area contributed by atoms with Gasteiger partial charge >= 0.3 is 0 Å². The molecular weight excluding hydrogens is 1260 g/mol. The maximum atomic E-state index is 15.3. The first-order valence-corrected chi connectivity index (χ1v) is 36.7. The Morgan fingerprint density at radius 1 is 0.763 bits per heavy atom. The van der Waals surface area contributed by atoms with E-state index in [9.17, 15) is 4.39 Å². The number of aliphatic imine (C=N–C) groups is 1. The molecule has 0 spiro atoms. The number of aromatic nitrogens is 4. The van der Waals surface area contributed by atoms with Gasteiger partial charge in [-0.2, -0.15) is 9.97 Å². The number of nitrogens with zero attached hydrogens (tertiary/aromatic N) is 8. The Bertz CT molecular complexity index is 4130. The van der Waals surface area contributed by atoms with Gasteiger partial charge < -0.3 is 47.0 Å². The maximum absolute atomic E-state index is 15.3. The molecule has 0 radical (unpaired) electrons. The largest absolute Gasteiger partial charge is 0.368 e. The van der Waals surface area contributed by atoms with Crippen LogP contribution in [0.3, 0.4) is 0 Å². The summed E-state index contributed by atoms with van der Waals surface area (Å²) in [6, 6.07) is 23.1. The highest BCUT2D eigenvalue weighted by Crippen LogP contribution is 2.53. The molecule has 97 heavy (non-hydrogen) atoms. The van der Waals surface area contributed by atoms with E-state index in [2.05, 4.69) is 158 Å². The van der Waals surface area contributed by atoms with Gasteiger partial charge in [0.05, 0.1) is 27.3 Å². The van der Waals surface area contributed by atoms with Crippen molar-refractivity contribution in [2.75, 3.05) is 85.2 Å². The van der Waals surface area contributed by atoms with Crippen LogP contribution in [0.4, 0.5) is 49.4 Å². The molecule has 9 aliphatic rings. The second-order valence-electron chi connectivity index (χ2n) is 28.4. The molecule has 4 aromatic carbocycles. The second kappa shape index (κ2) is 28.7. The zero-order valence-electron chi connectivity index (χ0n) is 56.1. The summed E-state index contributed by atoms with van der Waals surface area (Å²) in [5, 5.41) is 32.1. The number of hydrogen-bond acceptors (Lipinski definition) is 14. The van der Waals surface area contributed by atoms with Gasteiger partial charge in [-0.15, -0.1) is 6.58 Å². The van der Waals surface area contributed by atoms with Crippen LogP contribution >= 0.6 is 23.2 Å². The lowest BCUT2D eigenvalue weighted by Gasteiger charge is -2.43. The quantitative estimate of drug-likeness (QED) is 0.0269. The molecule has 7 atom stereocenters. The summed E-state index contributed by atoms with van der Waals surface area (Å²) < 4.78 is 29.6. The van der Waals surface area contributed by atoms with Gasteiger partial charge in [0.1, 0.15) is 40.8 Å². The highest BCUT2D eigenvalue weighted by Gasteiger charge is 2.48. The van der Waals surface area contributed by atoms with Crippen molar-refractivity contribution < 1.29 is 8.78 Å². The molecule has 4 aliphatic heterocycles. The number of likely N-dealkylation sites (N-methyl/N-ethyl adjacent to an activating group) is 1. The molecular formula is C77H92Cl2F2N16. The number of guanidine groups is 1. The number of rotatable bonds is 24. The van der Waals surface area contributed by atoms with Crippen LogP contribution in [0.25, 0.3) is 27.4 Å². The number of benzene rings is 4. The Morgan fingerprint density at radius 2 is 1.49 bits per heavy atom. The molecule has 0 bridgehead atoms. The van der Waals surface area contributed by atoms with Gasteiger partial charge in [-0.05, 0) is 209 Å². The fourth-order valence-electron chi connectivity index (χ4n) is 16.4. The van der Waals surface area contributed by atoms with E-state index in [1.54, 1.807) is 24.3 Å². The third kappa shape index (κ3) is 14.1. The SMILES string of the molecule is C=CC[C@@H](NC1=C2C=CC=C(C3=CC(N(c4ccc(F)c(Cl)c4)c4nc(N[C@H](CC)C5CC5)c5cccc(C6=CCNCC6)c5n4)NCC3)C2N(C)C(=NCC2CCC(C3CC3[C@@H](CC)Nc3nc(Nc4ccc(F)c(Cl)c4)nc4c(N5CCNCC5)cccc34)CC2)N1)C1CC1. The second-order valence-corrected chi connectivity index (χ2v) is 29.2. The predicted molar refractivity (Wildman–Crippen MR) is 393 cm³/mol. The molecule has 0 amide bonds. The average Bonchev–Trinajstić information content (AvgIpc) is 1.68. The van der Waals surface area contributed by atoms with Crippen molar-refractivity contribution in [3.05, 3.63) is 166 Å². The van der Waals surface area contributed by atoms with Gasteiger partial charge in [0.2, 0.25) is 11.9 Å². The highest BCUT2D eigenvalue weighted by atomic mass is 35.5. The van der Waals surface area contributed by atoms with E-state index in [-0.39, 0.29) is 34.2 Å². The summed E-state index contributed by atoms with van der Waals surface area (Å²) >= 11 is 13.0. The van der Waals surface area contributed by atoms with E-state index in [4.69, 9.17) is 48.1 Å². The molecule has 16 nitrogen and oxygen atoms in total. The third-order valence-corrected chi connectivity index (χ3v) is 22.6. The Hall–Kier alpha value is -7.61. The Morgan fingerprint density at radius 3 is 2.24 bits per heavy atom. The van der Waals surface area contributed by atoms with E-state index < -0.39 is 17.8 Å². The molecule has 2 aromatic heterocycles. The van der Waals surface area contributed by atoms with E-state index in [0.29, 0.717) is 65.3 Å². The number of anilines is 7. The minimum Gasteiger partial charge on any atom is -0.368 e. The Balaban J connectivity index is 0.684. The van der Waals surface area contributed by atoms with E-state index in [0.717, 1.165) is 147 Å². The van der Waals surface area contributed by atoms with E-state index >= 15 is 4.39 Å². The molecule has 508 valence electrons. The fourth-order valence-corrected chi connectivity index (χ4v) is 16.7. The normalized spacial score (nSPS) is 24.8. The molecule has 20 heteroatoms. The maximum Gasteiger partial charge on any atom is 0.234 e. The summed E-state index contributed by atoms with van der Waals surface area (Å²) in [7, 11) is 2.20. The van der Waals surface area contributed by atoms with Crippen molar-refractivity contribution in [1.29, 1.82) is 0 Å². The van der Waals surface area contributed by atoms with Crippen molar-refractivity contribution in [1.82, 2.24) is 51.4 Å². The van der Waals surface area contributed by atoms with Gasteiger partial charge in [-0.25, -0.2) is 18.7 Å². The van der Waals surface area contributed by atoms with Crippen molar-refractivity contribution >= 4 is 97.1 Å². The zero-order chi connectivity index (χ0) is 66.3. The summed E-state index contributed by atoms with van der Waals surface area (Å²) in [5.74, 6) is 7.02. The molecule has 8 N–H and O–H groups in total. The monoisotopic (exact) mass is 1350 g/mol. The van der Waals surface area contributed by atoms with Gasteiger partial charge in [0.15, 0.2) is 5.96 Å². The van der Waals surface area contributed by atoms with Gasteiger partial charge in [0, 0.05) is 104 Å². The van der Waals surface area contributed by atoms with Crippen LogP contribution in [0.2, 0.25) is 10.0 Å². The van der Waals surface area contributed by atoms with Crippen LogP contribution in [0, 0.1) is 47.1 Å². The number of nitrogens with one attached hydrogen (secondary N) is 8. The predicted octanol–water partition coefficient (Wildman–Crippen LogP) is 14.9. The van der Waals surface area contributed by atoms with Gasteiger partial charge in [-0.3, -0.25) is 15.2 Å². The highest BCUT2D eigenvalue weighted by molar-refractivity contribution is 6.31. The molecule has 4 saturated carbocycles. The Labute approximate surface area is 579 Å². The van der Waals surface area contributed by atoms with Crippen molar-refractivity contribution in [2.45, 2.75) is 134 Å². The van der Waals surface area contributed by atoms with E-state index in [1.807, 2.05) is 0 Å². The van der Waals surface area contributed by atoms with Gasteiger partial charge in [-0.1, -0.05) is 85.6 Å². The number of piperazine rings is 1. The summed E-state index contributed by atoms with van der Waals surface area (Å²) in [5.41, 5.74) is 10.1. The van der Waals surface area contributed by atoms with Crippen molar-refractivity contribution in [3.63, 3.8) is 0 Å². The molecule has 5 aliphatic carbocycles. The number of allylic oxidation sites excluding steroid dienone is 2. The first-order valence-electron chi connectivity index (χ1n) is 35.9. The molecule has 1 saturated heterocycles. The van der Waals surface area contributed by atoms with Crippen LogP contribution in [-0.2, 0) is 0 Å². The van der Waals surface area contributed by atoms with Crippen LogP contribution in [0.1, 0.15) is 109 Å². The first-order chi connectivity index (χ1) is 47.5. The summed E-state index contributed by atoms with van der Waals surface area (Å²) in [6.45, 7) is 15.4. The number of hydrogen-bond donors (Lipinski definition) is 8. The zero-order valence-corrected chi connectivity index (χ0v) is 57.6. The standard InChI is InChI=1S/C77H92Cl2F2N16/c1-5-11-66(49-24-25-49)89-74-57-16-9-13-54(50-32-35-84-68(40-50)97(52-27-29-63(81)61(79)42-52)77-91-69-53(47-30-33-82-34-31-47)12-8-14-55(69)73(94-77)87-64(6-2)48-22-23-48)71(57)95(4)76(93-74)85-44-45-18-20-46(21-19-45)58-43-59(58)65(7-3)88-72-56-15-10-17-67(96-38-36-83-37-39-96)70(56)90-75(92-72)86-51-26-28-62(80)60(78)41-51/h5,8-10,12-17,26-30,40-42,45-46,48-49,58-59,64-66,68,71,82-84,89H,1,6-7,11,18-25,31-39,43-44H2,2-4H3,(H,85,93)(H,87,91,94)(H2,86,88,90,92)/t45?,46?,58?,59?,64-,65-,66-,68?,71?/m1/s1. The molecule has 6 heterocycles. The van der Waals surface area contributed by atoms with Gasteiger partial charge in [0.25, 0.3) is 0 Å². The van der Waals surface area contributed by atoms with E-state index in [1.165, 1.54) is 79.4 Å². The minimum absolute atomic E-state index is 0.0370. The molecule has 4 unspecified atom stereocenters. The Kier molecular flexibility index (Phi) is 19.3. The first kappa shape index (κ1) is 65.3. The molecule has 6 aromatic rings. The smallest absolute Gasteiger partial charge is 0.234 e. The lowest BCUT2D eigenvalue weighted by molar-refractivity contribution is 0.245. The lowest BCUT2D eigenvalue weighted by atomic mass is 9.79. The topological polar surface area (TPSA) is 170 Å². The summed E-state index contributed by atoms with van der Waals surface area (Å²) in [4.78, 5) is 33.7. The van der Waals surface area contributed by atoms with Crippen molar-refractivity contribution in [2.24, 2.45) is 40.5 Å². The number of halogens is 4. The summed E-state index contributed by atoms with van der Waals surface area (Å²) in [6.07, 6.45) is 28.2. The number of para-hydroxylation sites is 2. The fraction of sp³-hybridized carbons (Fsp3) is 0.468. The van der Waals surface area contributed by atoms with Crippen LogP contribution in [0.5, 0.6) is 0 Å². The third-order valence-electron chi connectivity index (χ3n) is 22.1. The minimum atomic E-state index is -0.480. The average molecular weight is 1350 g/mol. The van der Waals surface area contributed by atoms with Crippen LogP contribution < -0.4 is 52.3 Å². The van der Waals surface area contributed by atoms with Crippen molar-refractivity contribution in [3.8, 4) is 0 Å².